The number of rotatable bonds is 8. The third kappa shape index (κ3) is 6.50. The predicted octanol–water partition coefficient (Wildman–Crippen LogP) is 1.51. The number of anilines is 1. The third-order valence-corrected chi connectivity index (χ3v) is 9.02. The molecule has 0 amide bonds. The SMILES string of the molecule is O=c1cc(CN2CCN(Cc3ccccc3)CC2)nc(N2CCN(S(=O)(=O)c3ccc([N+](=O)[O-])cc3)CC2)[nH]1. The molecule has 5 rings (SSSR count). The largest absolute Gasteiger partial charge is 0.340 e. The fourth-order valence-electron chi connectivity index (χ4n) is 4.93. The van der Waals surface area contributed by atoms with Crippen LogP contribution in [0.2, 0.25) is 0 Å². The van der Waals surface area contributed by atoms with Crippen LogP contribution in [0.1, 0.15) is 11.3 Å². The average Bonchev–Trinajstić information content (AvgIpc) is 2.94. The Hall–Kier alpha value is -3.65. The maximum absolute atomic E-state index is 13.0. The van der Waals surface area contributed by atoms with Gasteiger partial charge in [0.2, 0.25) is 16.0 Å². The highest BCUT2D eigenvalue weighted by Gasteiger charge is 2.30. The van der Waals surface area contributed by atoms with Crippen molar-refractivity contribution in [1.82, 2.24) is 24.1 Å². The van der Waals surface area contributed by atoms with E-state index in [2.05, 4.69) is 39.0 Å². The number of hydrogen-bond donors (Lipinski definition) is 1. The Kier molecular flexibility index (Phi) is 8.02. The second-order valence-electron chi connectivity index (χ2n) is 9.74. The van der Waals surface area contributed by atoms with Crippen LogP contribution in [-0.4, -0.2) is 89.8 Å². The van der Waals surface area contributed by atoms with E-state index in [0.717, 1.165) is 32.7 Å². The number of benzene rings is 2. The quantitative estimate of drug-likeness (QED) is 0.325. The first kappa shape index (κ1) is 26.9. The summed E-state index contributed by atoms with van der Waals surface area (Å²) in [4.78, 5) is 36.8. The van der Waals surface area contributed by atoms with Crippen LogP contribution in [0.4, 0.5) is 11.6 Å². The lowest BCUT2D eigenvalue weighted by Crippen LogP contribution is -2.49. The van der Waals surface area contributed by atoms with Crippen LogP contribution < -0.4 is 10.5 Å². The van der Waals surface area contributed by atoms with E-state index in [0.29, 0.717) is 31.3 Å². The number of piperazine rings is 2. The van der Waals surface area contributed by atoms with E-state index in [1.807, 2.05) is 11.0 Å². The summed E-state index contributed by atoms with van der Waals surface area (Å²) in [6.45, 7) is 6.28. The van der Waals surface area contributed by atoms with Gasteiger partial charge in [-0.05, 0) is 17.7 Å². The molecule has 0 bridgehead atoms. The Morgan fingerprint density at radius 1 is 0.846 bits per heavy atom. The molecular formula is C26H31N7O5S. The van der Waals surface area contributed by atoms with Crippen LogP contribution >= 0.6 is 0 Å². The molecule has 13 heteroatoms. The van der Waals surface area contributed by atoms with Gasteiger partial charge in [0.15, 0.2) is 0 Å². The molecule has 39 heavy (non-hydrogen) atoms. The second-order valence-corrected chi connectivity index (χ2v) is 11.7. The minimum atomic E-state index is -3.79. The Bertz CT molecular complexity index is 1450. The second kappa shape index (κ2) is 11.6. The van der Waals surface area contributed by atoms with Crippen molar-refractivity contribution in [3.05, 3.63) is 92.4 Å². The molecule has 3 heterocycles. The molecular weight excluding hydrogens is 522 g/mol. The Labute approximate surface area is 226 Å². The molecule has 0 saturated carbocycles. The summed E-state index contributed by atoms with van der Waals surface area (Å²) < 4.78 is 27.4. The van der Waals surface area contributed by atoms with Crippen molar-refractivity contribution in [1.29, 1.82) is 0 Å². The third-order valence-electron chi connectivity index (χ3n) is 7.11. The summed E-state index contributed by atoms with van der Waals surface area (Å²) in [7, 11) is -3.79. The van der Waals surface area contributed by atoms with E-state index in [4.69, 9.17) is 4.98 Å². The van der Waals surface area contributed by atoms with Gasteiger partial charge in [-0.15, -0.1) is 0 Å². The smallest absolute Gasteiger partial charge is 0.269 e. The lowest BCUT2D eigenvalue weighted by molar-refractivity contribution is -0.384. The van der Waals surface area contributed by atoms with Gasteiger partial charge < -0.3 is 4.90 Å². The summed E-state index contributed by atoms with van der Waals surface area (Å²) in [5.41, 5.74) is 1.58. The highest BCUT2D eigenvalue weighted by Crippen LogP contribution is 2.22. The molecule has 2 fully saturated rings. The van der Waals surface area contributed by atoms with Gasteiger partial charge in [0.05, 0.1) is 15.5 Å². The maximum Gasteiger partial charge on any atom is 0.269 e. The molecule has 0 radical (unpaired) electrons. The lowest BCUT2D eigenvalue weighted by Gasteiger charge is -2.35. The molecule has 0 atom stereocenters. The zero-order valence-electron chi connectivity index (χ0n) is 21.5. The Morgan fingerprint density at radius 2 is 1.46 bits per heavy atom. The molecule has 12 nitrogen and oxygen atoms in total. The van der Waals surface area contributed by atoms with Crippen molar-refractivity contribution < 1.29 is 13.3 Å². The minimum Gasteiger partial charge on any atom is -0.340 e. The molecule has 0 aliphatic carbocycles. The van der Waals surface area contributed by atoms with Crippen molar-refractivity contribution in [3.63, 3.8) is 0 Å². The average molecular weight is 554 g/mol. The van der Waals surface area contributed by atoms with E-state index < -0.39 is 14.9 Å². The molecule has 2 aliphatic rings. The molecule has 0 spiro atoms. The summed E-state index contributed by atoms with van der Waals surface area (Å²) in [6.07, 6.45) is 0. The van der Waals surface area contributed by atoms with Crippen molar-refractivity contribution in [2.45, 2.75) is 18.0 Å². The van der Waals surface area contributed by atoms with Crippen LogP contribution in [0.25, 0.3) is 0 Å². The zero-order chi connectivity index (χ0) is 27.4. The van der Waals surface area contributed by atoms with Gasteiger partial charge in [-0.1, -0.05) is 30.3 Å². The molecule has 2 aromatic carbocycles. The molecule has 2 saturated heterocycles. The van der Waals surface area contributed by atoms with E-state index in [1.165, 1.54) is 40.2 Å². The summed E-state index contributed by atoms with van der Waals surface area (Å²) in [5, 5.41) is 10.9. The van der Waals surface area contributed by atoms with Crippen LogP contribution in [0.3, 0.4) is 0 Å². The van der Waals surface area contributed by atoms with Crippen molar-refractivity contribution >= 4 is 21.7 Å². The van der Waals surface area contributed by atoms with Crippen LogP contribution in [0.5, 0.6) is 0 Å². The number of aromatic nitrogens is 2. The number of nitro groups is 1. The number of hydrogen-bond acceptors (Lipinski definition) is 9. The highest BCUT2D eigenvalue weighted by atomic mass is 32.2. The topological polar surface area (TPSA) is 136 Å². The Balaban J connectivity index is 1.17. The van der Waals surface area contributed by atoms with Crippen molar-refractivity contribution in [2.75, 3.05) is 57.3 Å². The minimum absolute atomic E-state index is 0.0129. The summed E-state index contributed by atoms with van der Waals surface area (Å²) in [5.74, 6) is 0.438. The monoisotopic (exact) mass is 553 g/mol. The van der Waals surface area contributed by atoms with Gasteiger partial charge in [0.1, 0.15) is 0 Å². The fourth-order valence-corrected chi connectivity index (χ4v) is 6.35. The first-order valence-corrected chi connectivity index (χ1v) is 14.3. The Morgan fingerprint density at radius 3 is 2.08 bits per heavy atom. The number of H-pyrrole nitrogens is 1. The zero-order valence-corrected chi connectivity index (χ0v) is 22.3. The first-order chi connectivity index (χ1) is 18.8. The van der Waals surface area contributed by atoms with Gasteiger partial charge in [0.25, 0.3) is 11.2 Å². The molecule has 206 valence electrons. The normalized spacial score (nSPS) is 17.8. The van der Waals surface area contributed by atoms with Crippen LogP contribution in [0.15, 0.2) is 70.4 Å². The molecule has 3 aromatic rings. The van der Waals surface area contributed by atoms with Gasteiger partial charge in [-0.3, -0.25) is 29.7 Å². The molecule has 0 unspecified atom stereocenters. The van der Waals surface area contributed by atoms with E-state index in [9.17, 15) is 23.3 Å². The standard InChI is InChI=1S/C26H31N7O5S/c34-25-18-22(20-30-12-10-29(11-13-30)19-21-4-2-1-3-5-21)27-26(28-25)31-14-16-32(17-15-31)39(37,38)24-8-6-23(7-9-24)33(35)36/h1-9,18H,10-17,19-20H2,(H,27,28,34). The van der Waals surface area contributed by atoms with Gasteiger partial charge >= 0.3 is 0 Å². The predicted molar refractivity (Wildman–Crippen MR) is 146 cm³/mol. The van der Waals surface area contributed by atoms with Gasteiger partial charge in [0, 0.05) is 83.6 Å². The van der Waals surface area contributed by atoms with Crippen LogP contribution in [-0.2, 0) is 23.1 Å². The highest BCUT2D eigenvalue weighted by molar-refractivity contribution is 7.89. The van der Waals surface area contributed by atoms with E-state index in [1.54, 1.807) is 0 Å². The molecule has 1 aromatic heterocycles. The summed E-state index contributed by atoms with van der Waals surface area (Å²) in [6, 6.07) is 16.8. The lowest BCUT2D eigenvalue weighted by atomic mass is 10.2. The fraction of sp³-hybridized carbons (Fsp3) is 0.385. The number of non-ortho nitro benzene ring substituents is 1. The van der Waals surface area contributed by atoms with Gasteiger partial charge in [-0.25, -0.2) is 13.4 Å². The molecule has 1 N–H and O–H groups in total. The molecule has 2 aliphatic heterocycles. The van der Waals surface area contributed by atoms with Crippen molar-refractivity contribution in [2.24, 2.45) is 0 Å². The van der Waals surface area contributed by atoms with Gasteiger partial charge in [-0.2, -0.15) is 4.31 Å². The van der Waals surface area contributed by atoms with Crippen molar-refractivity contribution in [3.8, 4) is 0 Å². The number of nitrogens with one attached hydrogen (secondary N) is 1. The number of nitrogens with zero attached hydrogens (tertiary/aromatic N) is 6. The number of sulfonamides is 1. The number of aromatic amines is 1. The van der Waals surface area contributed by atoms with E-state index >= 15 is 0 Å². The van der Waals surface area contributed by atoms with E-state index in [-0.39, 0.29) is 29.2 Å². The summed E-state index contributed by atoms with van der Waals surface area (Å²) >= 11 is 0. The van der Waals surface area contributed by atoms with Crippen LogP contribution in [0, 0.1) is 10.1 Å². The number of nitro benzene ring substituents is 1. The first-order valence-electron chi connectivity index (χ1n) is 12.9. The maximum atomic E-state index is 13.0.